The number of hydrogen-bond donors (Lipinski definition) is 4. The summed E-state index contributed by atoms with van der Waals surface area (Å²) >= 11 is 1.08. The number of sulfonamides is 1. The Hall–Kier alpha value is -2.43. The highest BCUT2D eigenvalue weighted by Crippen LogP contribution is 2.14. The zero-order valence-corrected chi connectivity index (χ0v) is 14.1. The molecule has 0 aliphatic carbocycles. The van der Waals surface area contributed by atoms with Crippen molar-refractivity contribution in [2.75, 3.05) is 11.9 Å². The number of carbonyl (C=O) groups excluding carboxylic acids is 2. The predicted octanol–water partition coefficient (Wildman–Crippen LogP) is 0.833. The van der Waals surface area contributed by atoms with Crippen LogP contribution in [0.3, 0.4) is 0 Å². The molecule has 0 fully saturated rings. The number of nitrogens with one attached hydrogen (secondary N) is 3. The molecule has 0 aliphatic heterocycles. The van der Waals surface area contributed by atoms with E-state index in [1.165, 1.54) is 6.07 Å². The molecule has 2 rings (SSSR count). The molecule has 5 N–H and O–H groups in total. The van der Waals surface area contributed by atoms with Crippen LogP contribution < -0.4 is 21.1 Å². The number of hydrogen-bond acceptors (Lipinski definition) is 5. The van der Waals surface area contributed by atoms with Crippen LogP contribution in [0, 0.1) is 0 Å². The Balaban J connectivity index is 1.80. The van der Waals surface area contributed by atoms with Crippen molar-refractivity contribution < 1.29 is 18.0 Å². The Morgan fingerprint density at radius 1 is 1.12 bits per heavy atom. The number of thiophene rings is 1. The first-order valence-corrected chi connectivity index (χ1v) is 9.18. The first kappa shape index (κ1) is 17.9. The molecule has 0 spiro atoms. The summed E-state index contributed by atoms with van der Waals surface area (Å²) in [6.07, 6.45) is 0. The Morgan fingerprint density at radius 2 is 1.83 bits per heavy atom. The van der Waals surface area contributed by atoms with E-state index in [4.69, 9.17) is 5.73 Å². The van der Waals surface area contributed by atoms with E-state index in [2.05, 4.69) is 15.4 Å². The molecule has 0 atom stereocenters. The third kappa shape index (κ3) is 5.33. The third-order valence-corrected chi connectivity index (χ3v) is 5.69. The molecule has 0 saturated heterocycles. The van der Waals surface area contributed by atoms with Crippen LogP contribution in [0.2, 0.25) is 0 Å². The first-order chi connectivity index (χ1) is 11.4. The van der Waals surface area contributed by atoms with Crippen molar-refractivity contribution in [1.29, 1.82) is 0 Å². The van der Waals surface area contributed by atoms with Gasteiger partial charge in [0.15, 0.2) is 0 Å². The zero-order valence-electron chi connectivity index (χ0n) is 12.5. The van der Waals surface area contributed by atoms with Crippen LogP contribution in [-0.2, 0) is 21.4 Å². The molecule has 0 bridgehead atoms. The molecule has 1 aromatic carbocycles. The SMILES string of the molecule is NC(=O)Nc1ccc(CNC(=O)CNS(=O)(=O)c2cccs2)cc1. The van der Waals surface area contributed by atoms with Crippen LogP contribution in [0.15, 0.2) is 46.0 Å². The van der Waals surface area contributed by atoms with Gasteiger partial charge < -0.3 is 16.4 Å². The quantitative estimate of drug-likeness (QED) is 0.576. The second-order valence-corrected chi connectivity index (χ2v) is 7.66. The van der Waals surface area contributed by atoms with E-state index in [1.807, 2.05) is 0 Å². The molecule has 24 heavy (non-hydrogen) atoms. The Bertz CT molecular complexity index is 802. The van der Waals surface area contributed by atoms with Crippen LogP contribution in [0.25, 0.3) is 0 Å². The molecule has 10 heteroatoms. The molecule has 0 aliphatic rings. The lowest BCUT2D eigenvalue weighted by atomic mass is 10.2. The summed E-state index contributed by atoms with van der Waals surface area (Å²) in [4.78, 5) is 22.4. The van der Waals surface area contributed by atoms with Crippen molar-refractivity contribution in [3.63, 3.8) is 0 Å². The minimum absolute atomic E-state index is 0.160. The normalized spacial score (nSPS) is 11.0. The second-order valence-electron chi connectivity index (χ2n) is 4.72. The molecule has 8 nitrogen and oxygen atoms in total. The molecular formula is C14H16N4O4S2. The highest BCUT2D eigenvalue weighted by atomic mass is 32.2. The molecule has 0 saturated carbocycles. The van der Waals surface area contributed by atoms with Crippen LogP contribution >= 0.6 is 11.3 Å². The predicted molar refractivity (Wildman–Crippen MR) is 91.0 cm³/mol. The number of anilines is 1. The van der Waals surface area contributed by atoms with Crippen LogP contribution in [-0.4, -0.2) is 26.9 Å². The van der Waals surface area contributed by atoms with Gasteiger partial charge in [0.05, 0.1) is 6.54 Å². The van der Waals surface area contributed by atoms with E-state index >= 15 is 0 Å². The number of benzene rings is 1. The van der Waals surface area contributed by atoms with E-state index in [1.54, 1.807) is 35.7 Å². The van der Waals surface area contributed by atoms with Crippen molar-refractivity contribution in [3.8, 4) is 0 Å². The van der Waals surface area contributed by atoms with Gasteiger partial charge in [-0.15, -0.1) is 11.3 Å². The molecular weight excluding hydrogens is 352 g/mol. The lowest BCUT2D eigenvalue weighted by Crippen LogP contribution is -2.36. The van der Waals surface area contributed by atoms with Gasteiger partial charge in [-0.1, -0.05) is 18.2 Å². The number of primary amides is 1. The second kappa shape index (κ2) is 7.90. The standard InChI is InChI=1S/C14H16N4O4S2/c15-14(20)18-11-5-3-10(4-6-11)8-16-12(19)9-17-24(21,22)13-2-1-7-23-13/h1-7,17H,8-9H2,(H,16,19)(H3,15,18,20). The molecule has 1 heterocycles. The summed E-state index contributed by atoms with van der Waals surface area (Å²) in [6.45, 7) is -0.113. The van der Waals surface area contributed by atoms with Gasteiger partial charge in [-0.05, 0) is 29.1 Å². The summed E-state index contributed by atoms with van der Waals surface area (Å²) in [5.74, 6) is -0.450. The van der Waals surface area contributed by atoms with E-state index in [0.29, 0.717) is 5.69 Å². The molecule has 128 valence electrons. The third-order valence-electron chi connectivity index (χ3n) is 2.89. The van der Waals surface area contributed by atoms with Gasteiger partial charge in [0.2, 0.25) is 5.91 Å². The number of amides is 3. The maximum atomic E-state index is 11.9. The van der Waals surface area contributed by atoms with Gasteiger partial charge in [-0.3, -0.25) is 4.79 Å². The number of rotatable bonds is 7. The molecule has 0 radical (unpaired) electrons. The number of carbonyl (C=O) groups is 2. The number of nitrogens with two attached hydrogens (primary N) is 1. The highest BCUT2D eigenvalue weighted by molar-refractivity contribution is 7.91. The molecule has 3 amide bonds. The lowest BCUT2D eigenvalue weighted by Gasteiger charge is -2.08. The van der Waals surface area contributed by atoms with Crippen molar-refractivity contribution in [3.05, 3.63) is 47.3 Å². The Morgan fingerprint density at radius 3 is 2.42 bits per heavy atom. The summed E-state index contributed by atoms with van der Waals surface area (Å²) < 4.78 is 26.1. The summed E-state index contributed by atoms with van der Waals surface area (Å²) in [6, 6.07) is 9.14. The van der Waals surface area contributed by atoms with Gasteiger partial charge in [0.1, 0.15) is 4.21 Å². The fourth-order valence-corrected chi connectivity index (χ4v) is 3.78. The Labute approximate surface area is 143 Å². The fraction of sp³-hybridized carbons (Fsp3) is 0.143. The number of urea groups is 1. The fourth-order valence-electron chi connectivity index (χ4n) is 1.76. The summed E-state index contributed by atoms with van der Waals surface area (Å²) in [5.41, 5.74) is 6.34. The van der Waals surface area contributed by atoms with Gasteiger partial charge in [-0.25, -0.2) is 17.9 Å². The highest BCUT2D eigenvalue weighted by Gasteiger charge is 2.16. The first-order valence-electron chi connectivity index (χ1n) is 6.82. The van der Waals surface area contributed by atoms with Crippen molar-refractivity contribution >= 4 is 39.0 Å². The molecule has 1 aromatic heterocycles. The zero-order chi connectivity index (χ0) is 17.6. The van der Waals surface area contributed by atoms with Gasteiger partial charge in [-0.2, -0.15) is 0 Å². The summed E-state index contributed by atoms with van der Waals surface area (Å²) in [7, 11) is -3.66. The molecule has 0 unspecified atom stereocenters. The maximum Gasteiger partial charge on any atom is 0.316 e. The van der Waals surface area contributed by atoms with E-state index in [9.17, 15) is 18.0 Å². The minimum atomic E-state index is -3.66. The van der Waals surface area contributed by atoms with Gasteiger partial charge >= 0.3 is 6.03 Å². The van der Waals surface area contributed by atoms with Crippen molar-refractivity contribution in [1.82, 2.24) is 10.0 Å². The van der Waals surface area contributed by atoms with E-state index < -0.39 is 22.0 Å². The smallest absolute Gasteiger partial charge is 0.316 e. The van der Waals surface area contributed by atoms with Crippen molar-refractivity contribution in [2.24, 2.45) is 5.73 Å². The lowest BCUT2D eigenvalue weighted by molar-refractivity contribution is -0.120. The van der Waals surface area contributed by atoms with Crippen LogP contribution in [0.1, 0.15) is 5.56 Å². The van der Waals surface area contributed by atoms with Gasteiger partial charge in [0.25, 0.3) is 10.0 Å². The summed E-state index contributed by atoms with van der Waals surface area (Å²) in [5, 5.41) is 6.67. The monoisotopic (exact) mass is 368 g/mol. The van der Waals surface area contributed by atoms with Crippen molar-refractivity contribution in [2.45, 2.75) is 10.8 Å². The average Bonchev–Trinajstić information content (AvgIpc) is 3.07. The topological polar surface area (TPSA) is 130 Å². The van der Waals surface area contributed by atoms with Gasteiger partial charge in [0, 0.05) is 12.2 Å². The molecule has 2 aromatic rings. The largest absolute Gasteiger partial charge is 0.351 e. The average molecular weight is 368 g/mol. The van der Waals surface area contributed by atoms with Crippen LogP contribution in [0.4, 0.5) is 10.5 Å². The van der Waals surface area contributed by atoms with E-state index in [0.717, 1.165) is 16.9 Å². The minimum Gasteiger partial charge on any atom is -0.351 e. The van der Waals surface area contributed by atoms with E-state index in [-0.39, 0.29) is 17.3 Å². The Kier molecular flexibility index (Phi) is 5.90. The van der Waals surface area contributed by atoms with Crippen LogP contribution in [0.5, 0.6) is 0 Å². The maximum absolute atomic E-state index is 11.9.